The van der Waals surface area contributed by atoms with Gasteiger partial charge in [-0.05, 0) is 39.8 Å². The molecule has 0 unspecified atom stereocenters. The number of carbonyl (C=O) groups excluding carboxylic acids is 1. The molecule has 5 atom stereocenters. The van der Waals surface area contributed by atoms with E-state index in [0.717, 1.165) is 12.3 Å². The molecule has 0 radical (unpaired) electrons. The number of rotatable bonds is 10. The van der Waals surface area contributed by atoms with E-state index in [4.69, 9.17) is 30.1 Å². The number of halogens is 2. The van der Waals surface area contributed by atoms with Crippen molar-refractivity contribution in [3.63, 3.8) is 0 Å². The van der Waals surface area contributed by atoms with Crippen LogP contribution in [-0.2, 0) is 23.4 Å². The minimum absolute atomic E-state index is 0.173. The van der Waals surface area contributed by atoms with Crippen molar-refractivity contribution in [2.45, 2.75) is 61.6 Å². The van der Waals surface area contributed by atoms with Gasteiger partial charge in [-0.3, -0.25) is 14.1 Å². The Hall–Kier alpha value is -1.99. The minimum Gasteiger partial charge on any atom is -0.462 e. The number of aliphatic hydroxyl groups is 1. The van der Waals surface area contributed by atoms with Crippen LogP contribution in [0.2, 0.25) is 0 Å². The number of esters is 1. The summed E-state index contributed by atoms with van der Waals surface area (Å²) in [5.74, 6) is -0.533. The Kier molecular flexibility index (Phi) is 9.11. The zero-order valence-corrected chi connectivity index (χ0v) is 23.7. The first kappa shape index (κ1) is 29.6. The van der Waals surface area contributed by atoms with Gasteiger partial charge in [0.05, 0.1) is 12.7 Å². The molecule has 15 heteroatoms. The summed E-state index contributed by atoms with van der Waals surface area (Å²) in [6, 6.07) is 9.17. The van der Waals surface area contributed by atoms with Crippen LogP contribution in [-0.4, -0.2) is 54.9 Å². The van der Waals surface area contributed by atoms with E-state index >= 15 is 0 Å². The van der Waals surface area contributed by atoms with Crippen molar-refractivity contribution < 1.29 is 33.0 Å². The normalized spacial score (nSPS) is 25.6. The number of carbonyl (C=O) groups is 1. The fraction of sp³-hybridized carbons (Fsp3) is 0.500. The average molecular weight is 625 g/mol. The number of hydrogen-bond donors (Lipinski definition) is 3. The van der Waals surface area contributed by atoms with Crippen LogP contribution in [0, 0.1) is 0 Å². The molecular formula is C22H28BrClN3O9P. The van der Waals surface area contributed by atoms with Crippen LogP contribution in [0.4, 0.5) is 0 Å². The number of aromatic nitrogens is 2. The molecule has 37 heavy (non-hydrogen) atoms. The Labute approximate surface area is 225 Å². The number of hydrogen-bond acceptors (Lipinski definition) is 9. The molecule has 3 rings (SSSR count). The van der Waals surface area contributed by atoms with Crippen LogP contribution in [0.25, 0.3) is 0 Å². The molecule has 1 aliphatic rings. The van der Waals surface area contributed by atoms with E-state index in [9.17, 15) is 24.1 Å². The predicted molar refractivity (Wildman–Crippen MR) is 138 cm³/mol. The van der Waals surface area contributed by atoms with Crippen molar-refractivity contribution >= 4 is 41.2 Å². The maximum Gasteiger partial charge on any atom is 0.459 e. The number of benzene rings is 1. The SMILES string of the molecule is CC(C)OC(=O)C(C)(C)N[P@@](=O)(OC[C@H]1O[C@@H](n2c(=O)cc[nH]c2=O)[C@](Cl)(Br)[C@@H]1O)Oc1ccccc1. The smallest absolute Gasteiger partial charge is 0.459 e. The fourth-order valence-electron chi connectivity index (χ4n) is 3.37. The Balaban J connectivity index is 1.85. The number of nitrogens with zero attached hydrogens (tertiary/aromatic N) is 1. The second-order valence-electron chi connectivity index (χ2n) is 9.03. The van der Waals surface area contributed by atoms with Gasteiger partial charge in [-0.15, -0.1) is 0 Å². The molecule has 12 nitrogen and oxygen atoms in total. The fourth-order valence-corrected chi connectivity index (χ4v) is 5.95. The lowest BCUT2D eigenvalue weighted by Gasteiger charge is -2.30. The molecule has 1 aromatic heterocycles. The van der Waals surface area contributed by atoms with Gasteiger partial charge < -0.3 is 24.1 Å². The van der Waals surface area contributed by atoms with Crippen molar-refractivity contribution in [1.29, 1.82) is 0 Å². The topological polar surface area (TPSA) is 158 Å². The number of nitrogens with one attached hydrogen (secondary N) is 2. The second-order valence-corrected chi connectivity index (χ2v) is 13.1. The monoisotopic (exact) mass is 623 g/mol. The molecule has 1 fully saturated rings. The first-order valence-corrected chi connectivity index (χ1v) is 13.9. The van der Waals surface area contributed by atoms with E-state index < -0.39 is 65.4 Å². The molecule has 2 heterocycles. The highest BCUT2D eigenvalue weighted by Crippen LogP contribution is 2.50. The van der Waals surface area contributed by atoms with Gasteiger partial charge in [-0.2, -0.15) is 5.09 Å². The highest BCUT2D eigenvalue weighted by Gasteiger charge is 2.56. The predicted octanol–water partition coefficient (Wildman–Crippen LogP) is 2.65. The van der Waals surface area contributed by atoms with E-state index in [1.165, 1.54) is 26.0 Å². The summed E-state index contributed by atoms with van der Waals surface area (Å²) in [5, 5.41) is 13.4. The van der Waals surface area contributed by atoms with Crippen molar-refractivity contribution in [2.24, 2.45) is 0 Å². The molecule has 1 aliphatic heterocycles. The lowest BCUT2D eigenvalue weighted by Crippen LogP contribution is -2.48. The van der Waals surface area contributed by atoms with E-state index in [-0.39, 0.29) is 5.75 Å². The maximum atomic E-state index is 13.8. The van der Waals surface area contributed by atoms with Gasteiger partial charge >= 0.3 is 19.4 Å². The molecule has 3 N–H and O–H groups in total. The van der Waals surface area contributed by atoms with Crippen molar-refractivity contribution in [2.75, 3.05) is 6.61 Å². The van der Waals surface area contributed by atoms with Crippen LogP contribution in [0.5, 0.6) is 5.75 Å². The third-order valence-corrected chi connectivity index (χ3v) is 8.19. The number of para-hydroxylation sites is 1. The van der Waals surface area contributed by atoms with Gasteiger partial charge in [0.15, 0.2) is 10.0 Å². The summed E-state index contributed by atoms with van der Waals surface area (Å²) in [6.45, 7) is 5.65. The van der Waals surface area contributed by atoms with Crippen molar-refractivity contribution in [1.82, 2.24) is 14.6 Å². The lowest BCUT2D eigenvalue weighted by molar-refractivity contribution is -0.153. The first-order chi connectivity index (χ1) is 17.2. The number of H-pyrrole nitrogens is 1. The van der Waals surface area contributed by atoms with Gasteiger partial charge in [0.1, 0.15) is 23.5 Å². The summed E-state index contributed by atoms with van der Waals surface area (Å²) in [4.78, 5) is 39.5. The van der Waals surface area contributed by atoms with Crippen molar-refractivity contribution in [3.8, 4) is 5.75 Å². The quantitative estimate of drug-likeness (QED) is 0.204. The molecule has 1 aromatic carbocycles. The van der Waals surface area contributed by atoms with Gasteiger partial charge in [0.25, 0.3) is 5.56 Å². The first-order valence-electron chi connectivity index (χ1n) is 11.2. The van der Waals surface area contributed by atoms with Crippen LogP contribution in [0.15, 0.2) is 52.2 Å². The Morgan fingerprint density at radius 2 is 1.97 bits per heavy atom. The molecular weight excluding hydrogens is 597 g/mol. The van der Waals surface area contributed by atoms with Crippen LogP contribution in [0.3, 0.4) is 0 Å². The summed E-state index contributed by atoms with van der Waals surface area (Å²) in [7, 11) is -4.33. The summed E-state index contributed by atoms with van der Waals surface area (Å²) in [5.41, 5.74) is -3.05. The van der Waals surface area contributed by atoms with Crippen LogP contribution in [0.1, 0.15) is 33.9 Å². The molecule has 204 valence electrons. The molecule has 0 aliphatic carbocycles. The second kappa shape index (κ2) is 11.4. The zero-order valence-electron chi connectivity index (χ0n) is 20.4. The molecule has 1 saturated heterocycles. The Morgan fingerprint density at radius 3 is 2.57 bits per heavy atom. The van der Waals surface area contributed by atoms with Crippen LogP contribution < -0.4 is 20.9 Å². The van der Waals surface area contributed by atoms with Gasteiger partial charge in [0, 0.05) is 12.3 Å². The number of alkyl halides is 2. The highest BCUT2D eigenvalue weighted by atomic mass is 79.9. The van der Waals surface area contributed by atoms with Crippen molar-refractivity contribution in [3.05, 3.63) is 63.4 Å². The van der Waals surface area contributed by atoms with Gasteiger partial charge in [0.2, 0.25) is 0 Å². The third kappa shape index (κ3) is 6.91. The molecule has 0 saturated carbocycles. The van der Waals surface area contributed by atoms with Gasteiger partial charge in [-0.25, -0.2) is 13.9 Å². The zero-order chi connectivity index (χ0) is 27.6. The maximum absolute atomic E-state index is 13.8. The number of ether oxygens (including phenoxy) is 2. The summed E-state index contributed by atoms with van der Waals surface area (Å²) >= 11 is 9.56. The van der Waals surface area contributed by atoms with Gasteiger partial charge in [-0.1, -0.05) is 45.7 Å². The number of aliphatic hydroxyl groups excluding tert-OH is 1. The molecule has 2 aromatic rings. The largest absolute Gasteiger partial charge is 0.462 e. The summed E-state index contributed by atoms with van der Waals surface area (Å²) < 4.78 is 34.8. The lowest BCUT2D eigenvalue weighted by atomic mass is 10.1. The molecule has 0 bridgehead atoms. The van der Waals surface area contributed by atoms with E-state index in [1.54, 1.807) is 32.0 Å². The van der Waals surface area contributed by atoms with E-state index in [2.05, 4.69) is 26.0 Å². The molecule has 0 amide bonds. The third-order valence-electron chi connectivity index (χ3n) is 5.15. The van der Waals surface area contributed by atoms with E-state index in [1.807, 2.05) is 0 Å². The Morgan fingerprint density at radius 1 is 1.32 bits per heavy atom. The highest BCUT2D eigenvalue weighted by molar-refractivity contribution is 9.10. The van der Waals surface area contributed by atoms with Crippen LogP contribution >= 0.6 is 35.3 Å². The average Bonchev–Trinajstić information content (AvgIpc) is 3.01. The molecule has 0 spiro atoms. The Bertz CT molecular complexity index is 1240. The number of aromatic amines is 1. The minimum atomic E-state index is -4.33. The van der Waals surface area contributed by atoms with E-state index in [0.29, 0.717) is 4.57 Å². The summed E-state index contributed by atoms with van der Waals surface area (Å²) in [6.07, 6.45) is -3.52. The standard InChI is InChI=1S/C22H28BrClN3O9P/c1-13(2)34-19(30)21(3,4)26-37(32,36-14-8-6-5-7-9-14)33-12-15-17(29)22(23,24)18(35-15)27-16(28)10-11-25-20(27)31/h5-11,13,15,17-18,29H,12H2,1-4H3,(H,25,31)(H,26,32)/t15-,17-,18-,22+,37-/m1/s1.